The third-order valence-electron chi connectivity index (χ3n) is 3.62. The minimum Gasteiger partial charge on any atom is -0.294 e. The average Bonchev–Trinajstić information content (AvgIpc) is 3.02. The Balaban J connectivity index is 2.17. The fraction of sp³-hybridized carbons (Fsp3) is 0.333. The van der Waals surface area contributed by atoms with Crippen LogP contribution >= 0.6 is 34.4 Å². The molecule has 0 amide bonds. The molecule has 23 heavy (non-hydrogen) atoms. The van der Waals surface area contributed by atoms with Gasteiger partial charge in [-0.3, -0.25) is 9.59 Å². The van der Waals surface area contributed by atoms with Crippen LogP contribution in [0.2, 0.25) is 0 Å². The molecule has 0 saturated heterocycles. The van der Waals surface area contributed by atoms with Crippen molar-refractivity contribution in [2.24, 2.45) is 0 Å². The smallest absolute Gasteiger partial charge is 0.194 e. The number of benzene rings is 1. The van der Waals surface area contributed by atoms with Crippen LogP contribution in [0.15, 0.2) is 28.5 Å². The van der Waals surface area contributed by atoms with Crippen LogP contribution in [0.1, 0.15) is 49.9 Å². The SMILES string of the molecule is CCCC(=O)Sc1sc2sc3ccccc3c2c1C(=O)CCC. The zero-order valence-corrected chi connectivity index (χ0v) is 15.6. The lowest BCUT2D eigenvalue weighted by Crippen LogP contribution is -1.99. The molecule has 0 N–H and O–H groups in total. The number of hydrogen-bond acceptors (Lipinski definition) is 5. The van der Waals surface area contributed by atoms with Crippen LogP contribution in [-0.4, -0.2) is 10.9 Å². The molecule has 0 atom stereocenters. The molecule has 1 aromatic carbocycles. The molecule has 0 aliphatic heterocycles. The molecule has 2 aromatic heterocycles. The van der Waals surface area contributed by atoms with Crippen LogP contribution in [0.3, 0.4) is 0 Å². The summed E-state index contributed by atoms with van der Waals surface area (Å²) in [4.78, 5) is 24.8. The molecule has 0 radical (unpaired) electrons. The maximum Gasteiger partial charge on any atom is 0.194 e. The van der Waals surface area contributed by atoms with E-state index in [4.69, 9.17) is 0 Å². The van der Waals surface area contributed by atoms with E-state index in [1.165, 1.54) is 16.5 Å². The summed E-state index contributed by atoms with van der Waals surface area (Å²) in [5, 5.41) is 2.34. The lowest BCUT2D eigenvalue weighted by Gasteiger charge is -2.03. The molecule has 0 unspecified atom stereocenters. The number of hydrogen-bond donors (Lipinski definition) is 0. The number of carbonyl (C=O) groups is 2. The Hall–Kier alpha value is -1.17. The van der Waals surface area contributed by atoms with Crippen LogP contribution in [0.5, 0.6) is 0 Å². The fourth-order valence-electron chi connectivity index (χ4n) is 2.60. The second-order valence-electron chi connectivity index (χ2n) is 5.42. The minimum atomic E-state index is 0.149. The predicted molar refractivity (Wildman–Crippen MR) is 102 cm³/mol. The first-order valence-corrected chi connectivity index (χ1v) is 10.3. The molecule has 120 valence electrons. The molecule has 0 spiro atoms. The largest absolute Gasteiger partial charge is 0.294 e. The van der Waals surface area contributed by atoms with Gasteiger partial charge in [0, 0.05) is 28.3 Å². The molecule has 5 heteroatoms. The number of fused-ring (bicyclic) bond motifs is 3. The summed E-state index contributed by atoms with van der Waals surface area (Å²) >= 11 is 4.57. The summed E-state index contributed by atoms with van der Waals surface area (Å²) in [5.74, 6) is 0.161. The summed E-state index contributed by atoms with van der Waals surface area (Å²) < 4.78 is 3.24. The van der Waals surface area contributed by atoms with Gasteiger partial charge < -0.3 is 0 Å². The van der Waals surface area contributed by atoms with Crippen molar-refractivity contribution in [2.75, 3.05) is 0 Å². The van der Waals surface area contributed by atoms with Gasteiger partial charge in [0.05, 0.1) is 13.8 Å². The van der Waals surface area contributed by atoms with Crippen LogP contribution in [0.4, 0.5) is 0 Å². The molecule has 0 aliphatic rings. The Labute approximate surface area is 147 Å². The standard InChI is InChI=1S/C18H18O2S3/c1-3-7-12(19)16-15-11-9-5-6-10-13(11)21-17(15)23-18(16)22-14(20)8-4-2/h5-6,9-10H,3-4,7-8H2,1-2H3. The molecule has 3 aromatic rings. The molecule has 2 nitrogen and oxygen atoms in total. The summed E-state index contributed by atoms with van der Waals surface area (Å²) in [7, 11) is 0. The highest BCUT2D eigenvalue weighted by molar-refractivity contribution is 8.15. The number of ketones is 1. The second-order valence-corrected chi connectivity index (χ2v) is 9.08. The molecule has 2 heterocycles. The third-order valence-corrected chi connectivity index (χ3v) is 7.19. The van der Waals surface area contributed by atoms with Crippen molar-refractivity contribution in [3.05, 3.63) is 29.8 Å². The summed E-state index contributed by atoms with van der Waals surface area (Å²) in [6.07, 6.45) is 2.75. The van der Waals surface area contributed by atoms with Gasteiger partial charge in [-0.2, -0.15) is 0 Å². The van der Waals surface area contributed by atoms with Crippen LogP contribution in [-0.2, 0) is 4.79 Å². The number of Topliss-reactive ketones (excluding diaryl/α,β-unsaturated/α-hetero) is 1. The Morgan fingerprint density at radius 3 is 2.52 bits per heavy atom. The van der Waals surface area contributed by atoms with Crippen LogP contribution in [0, 0.1) is 0 Å². The van der Waals surface area contributed by atoms with Gasteiger partial charge in [0.15, 0.2) is 10.9 Å². The van der Waals surface area contributed by atoms with E-state index in [0.717, 1.165) is 37.4 Å². The number of thioether (sulfide) groups is 1. The minimum absolute atomic E-state index is 0.149. The third kappa shape index (κ3) is 3.23. The average molecular weight is 363 g/mol. The Kier molecular flexibility index (Phi) is 5.19. The number of carbonyl (C=O) groups excluding carboxylic acids is 2. The van der Waals surface area contributed by atoms with Crippen molar-refractivity contribution in [2.45, 2.75) is 43.7 Å². The highest BCUT2D eigenvalue weighted by Gasteiger charge is 2.23. The van der Waals surface area contributed by atoms with Gasteiger partial charge in [-0.05, 0) is 30.7 Å². The quantitative estimate of drug-likeness (QED) is 0.370. The maximum atomic E-state index is 12.7. The van der Waals surface area contributed by atoms with Crippen molar-refractivity contribution in [3.8, 4) is 0 Å². The van der Waals surface area contributed by atoms with Gasteiger partial charge in [0.2, 0.25) is 0 Å². The Morgan fingerprint density at radius 1 is 1.04 bits per heavy atom. The molecule has 3 rings (SSSR count). The van der Waals surface area contributed by atoms with Gasteiger partial charge >= 0.3 is 0 Å². The summed E-state index contributed by atoms with van der Waals surface area (Å²) in [6, 6.07) is 8.20. The number of thiophene rings is 2. The van der Waals surface area contributed by atoms with E-state index in [1.54, 1.807) is 22.7 Å². The molecule has 0 saturated carbocycles. The molecule has 0 bridgehead atoms. The highest BCUT2D eigenvalue weighted by atomic mass is 32.2. The Morgan fingerprint density at radius 2 is 1.78 bits per heavy atom. The van der Waals surface area contributed by atoms with Crippen LogP contribution in [0.25, 0.3) is 19.5 Å². The van der Waals surface area contributed by atoms with E-state index in [1.807, 2.05) is 26.0 Å². The second kappa shape index (κ2) is 7.16. The van der Waals surface area contributed by atoms with E-state index in [-0.39, 0.29) is 10.9 Å². The van der Waals surface area contributed by atoms with Gasteiger partial charge in [0.1, 0.15) is 0 Å². The first-order valence-electron chi connectivity index (χ1n) is 7.83. The fourth-order valence-corrected chi connectivity index (χ4v) is 6.72. The van der Waals surface area contributed by atoms with Gasteiger partial charge in [-0.15, -0.1) is 22.7 Å². The lowest BCUT2D eigenvalue weighted by molar-refractivity contribution is -0.111. The Bertz CT molecular complexity index is 873. The molecular formula is C18H18O2S3. The molecule has 0 aliphatic carbocycles. The zero-order valence-electron chi connectivity index (χ0n) is 13.2. The normalized spacial score (nSPS) is 11.4. The van der Waals surface area contributed by atoms with E-state index in [9.17, 15) is 9.59 Å². The first kappa shape index (κ1) is 16.7. The van der Waals surface area contributed by atoms with Crippen molar-refractivity contribution < 1.29 is 9.59 Å². The van der Waals surface area contributed by atoms with Gasteiger partial charge in [-0.25, -0.2) is 0 Å². The van der Waals surface area contributed by atoms with E-state index >= 15 is 0 Å². The number of rotatable bonds is 6. The van der Waals surface area contributed by atoms with Gasteiger partial charge in [-0.1, -0.05) is 32.0 Å². The lowest BCUT2D eigenvalue weighted by atomic mass is 10.1. The van der Waals surface area contributed by atoms with E-state index in [0.29, 0.717) is 12.8 Å². The topological polar surface area (TPSA) is 34.1 Å². The van der Waals surface area contributed by atoms with Crippen molar-refractivity contribution in [1.82, 2.24) is 0 Å². The van der Waals surface area contributed by atoms with E-state index in [2.05, 4.69) is 12.1 Å². The van der Waals surface area contributed by atoms with Crippen molar-refractivity contribution >= 4 is 64.8 Å². The zero-order chi connectivity index (χ0) is 16.4. The summed E-state index contributed by atoms with van der Waals surface area (Å²) in [5.41, 5.74) is 0.777. The van der Waals surface area contributed by atoms with Crippen molar-refractivity contribution in [3.63, 3.8) is 0 Å². The first-order chi connectivity index (χ1) is 11.2. The van der Waals surface area contributed by atoms with Crippen molar-refractivity contribution in [1.29, 1.82) is 0 Å². The molecular weight excluding hydrogens is 344 g/mol. The molecule has 0 fully saturated rings. The summed E-state index contributed by atoms with van der Waals surface area (Å²) in [6.45, 7) is 4.02. The van der Waals surface area contributed by atoms with Crippen LogP contribution < -0.4 is 0 Å². The monoisotopic (exact) mass is 362 g/mol. The maximum absolute atomic E-state index is 12.7. The predicted octanol–water partition coefficient (Wildman–Crippen LogP) is 6.52. The van der Waals surface area contributed by atoms with E-state index < -0.39 is 0 Å². The highest BCUT2D eigenvalue weighted by Crippen LogP contribution is 2.47. The van der Waals surface area contributed by atoms with Gasteiger partial charge in [0.25, 0.3) is 0 Å².